The molecule has 1 N–H and O–H groups in total. The quantitative estimate of drug-likeness (QED) is 0.303. The number of carbonyl (C=O) groups is 1. The number of halogens is 1. The molecular weight excluding hydrogens is 470 g/mol. The SMILES string of the molecule is CC(C)CCOc1ccc(Br)cc1C(=O)Nc1cccc(OCCOc2ccccc2)c1. The van der Waals surface area contributed by atoms with Crippen LogP contribution in [0.1, 0.15) is 30.6 Å². The van der Waals surface area contributed by atoms with Crippen LogP contribution in [-0.4, -0.2) is 25.7 Å². The Bertz CT molecular complexity index is 1010. The summed E-state index contributed by atoms with van der Waals surface area (Å²) in [5.41, 5.74) is 1.12. The van der Waals surface area contributed by atoms with Crippen LogP contribution >= 0.6 is 15.9 Å². The van der Waals surface area contributed by atoms with Gasteiger partial charge in [0, 0.05) is 16.2 Å². The Hall–Kier alpha value is -2.99. The number of carbonyl (C=O) groups excluding carboxylic acids is 1. The van der Waals surface area contributed by atoms with Crippen LogP contribution in [0.15, 0.2) is 77.3 Å². The van der Waals surface area contributed by atoms with E-state index in [1.165, 1.54) is 0 Å². The van der Waals surface area contributed by atoms with Crippen molar-refractivity contribution in [3.05, 3.63) is 82.8 Å². The van der Waals surface area contributed by atoms with Gasteiger partial charge in [0.2, 0.25) is 0 Å². The predicted molar refractivity (Wildman–Crippen MR) is 131 cm³/mol. The average Bonchev–Trinajstić information content (AvgIpc) is 2.78. The van der Waals surface area contributed by atoms with Gasteiger partial charge in [-0.1, -0.05) is 54.0 Å². The minimum absolute atomic E-state index is 0.240. The van der Waals surface area contributed by atoms with Gasteiger partial charge in [-0.25, -0.2) is 0 Å². The Morgan fingerprint density at radius 2 is 1.56 bits per heavy atom. The predicted octanol–water partition coefficient (Wildman–Crippen LogP) is 6.58. The lowest BCUT2D eigenvalue weighted by molar-refractivity contribution is 0.102. The van der Waals surface area contributed by atoms with Gasteiger partial charge >= 0.3 is 0 Å². The summed E-state index contributed by atoms with van der Waals surface area (Å²) in [6.07, 6.45) is 0.921. The first-order valence-electron chi connectivity index (χ1n) is 10.7. The second kappa shape index (κ2) is 12.2. The zero-order chi connectivity index (χ0) is 22.8. The summed E-state index contributed by atoms with van der Waals surface area (Å²) in [5, 5.41) is 2.93. The topological polar surface area (TPSA) is 56.8 Å². The van der Waals surface area contributed by atoms with Crippen LogP contribution < -0.4 is 19.5 Å². The van der Waals surface area contributed by atoms with Crippen LogP contribution in [0.4, 0.5) is 5.69 Å². The van der Waals surface area contributed by atoms with Gasteiger partial charge in [-0.05, 0) is 54.8 Å². The van der Waals surface area contributed by atoms with Crippen molar-refractivity contribution >= 4 is 27.5 Å². The van der Waals surface area contributed by atoms with Crippen molar-refractivity contribution < 1.29 is 19.0 Å². The van der Waals surface area contributed by atoms with Crippen LogP contribution in [-0.2, 0) is 0 Å². The Labute approximate surface area is 197 Å². The number of benzene rings is 3. The molecule has 168 valence electrons. The van der Waals surface area contributed by atoms with E-state index in [-0.39, 0.29) is 5.91 Å². The molecule has 0 radical (unpaired) electrons. The van der Waals surface area contributed by atoms with Gasteiger partial charge in [0.05, 0.1) is 12.2 Å². The fraction of sp³-hybridized carbons (Fsp3) is 0.269. The molecule has 0 atom stereocenters. The van der Waals surface area contributed by atoms with Crippen molar-refractivity contribution in [1.82, 2.24) is 0 Å². The molecule has 32 heavy (non-hydrogen) atoms. The number of amides is 1. The van der Waals surface area contributed by atoms with E-state index in [4.69, 9.17) is 14.2 Å². The highest BCUT2D eigenvalue weighted by molar-refractivity contribution is 9.10. The Kier molecular flexibility index (Phi) is 8.99. The zero-order valence-electron chi connectivity index (χ0n) is 18.3. The van der Waals surface area contributed by atoms with E-state index in [2.05, 4.69) is 35.1 Å². The molecule has 0 aliphatic carbocycles. The molecule has 0 aliphatic rings. The molecule has 0 spiro atoms. The molecule has 5 nitrogen and oxygen atoms in total. The maximum absolute atomic E-state index is 12.9. The smallest absolute Gasteiger partial charge is 0.259 e. The van der Waals surface area contributed by atoms with Gasteiger partial charge in [0.1, 0.15) is 30.5 Å². The van der Waals surface area contributed by atoms with Crippen molar-refractivity contribution in [2.45, 2.75) is 20.3 Å². The lowest BCUT2D eigenvalue weighted by Gasteiger charge is -2.14. The van der Waals surface area contributed by atoms with Crippen molar-refractivity contribution in [3.63, 3.8) is 0 Å². The van der Waals surface area contributed by atoms with E-state index in [9.17, 15) is 4.79 Å². The van der Waals surface area contributed by atoms with Gasteiger partial charge in [-0.2, -0.15) is 0 Å². The molecule has 3 aromatic rings. The summed E-state index contributed by atoms with van der Waals surface area (Å²) >= 11 is 3.44. The summed E-state index contributed by atoms with van der Waals surface area (Å²) < 4.78 is 18.1. The second-order valence-corrected chi connectivity index (χ2v) is 8.58. The lowest BCUT2D eigenvalue weighted by Crippen LogP contribution is -2.14. The number of hydrogen-bond donors (Lipinski definition) is 1. The summed E-state index contributed by atoms with van der Waals surface area (Å²) in [5.74, 6) is 2.32. The molecule has 6 heteroatoms. The standard InChI is InChI=1S/C26H28BrNO4/c1-19(2)13-14-32-25-12-11-20(27)17-24(25)26(29)28-21-7-6-10-23(18-21)31-16-15-30-22-8-4-3-5-9-22/h3-12,17-19H,13-16H2,1-2H3,(H,28,29). The van der Waals surface area contributed by atoms with E-state index in [1.54, 1.807) is 12.1 Å². The Morgan fingerprint density at radius 1 is 0.844 bits per heavy atom. The third-order valence-corrected chi connectivity index (χ3v) is 5.09. The first-order chi connectivity index (χ1) is 15.5. The van der Waals surface area contributed by atoms with Gasteiger partial charge < -0.3 is 19.5 Å². The molecule has 0 saturated heterocycles. The zero-order valence-corrected chi connectivity index (χ0v) is 19.9. The summed E-state index contributed by atoms with van der Waals surface area (Å²) in [4.78, 5) is 12.9. The van der Waals surface area contributed by atoms with E-state index >= 15 is 0 Å². The van der Waals surface area contributed by atoms with Crippen LogP contribution in [0.25, 0.3) is 0 Å². The van der Waals surface area contributed by atoms with Gasteiger partial charge in [-0.15, -0.1) is 0 Å². The maximum atomic E-state index is 12.9. The molecular formula is C26H28BrNO4. The molecule has 0 fully saturated rings. The minimum atomic E-state index is -0.240. The number of hydrogen-bond acceptors (Lipinski definition) is 4. The summed E-state index contributed by atoms with van der Waals surface area (Å²) in [6.45, 7) is 5.66. The number of rotatable bonds is 11. The number of para-hydroxylation sites is 1. The Morgan fingerprint density at radius 3 is 2.31 bits per heavy atom. The van der Waals surface area contributed by atoms with Crippen molar-refractivity contribution in [2.24, 2.45) is 5.92 Å². The molecule has 1 amide bonds. The minimum Gasteiger partial charge on any atom is -0.493 e. The first-order valence-corrected chi connectivity index (χ1v) is 11.4. The normalized spacial score (nSPS) is 10.6. The summed E-state index contributed by atoms with van der Waals surface area (Å²) in [7, 11) is 0. The van der Waals surface area contributed by atoms with E-state index in [0.29, 0.717) is 48.5 Å². The summed E-state index contributed by atoms with van der Waals surface area (Å²) in [6, 6.07) is 22.3. The van der Waals surface area contributed by atoms with Crippen LogP contribution in [0, 0.1) is 5.92 Å². The first kappa shape index (κ1) is 23.7. The molecule has 0 bridgehead atoms. The van der Waals surface area contributed by atoms with E-state index in [0.717, 1.165) is 16.6 Å². The number of nitrogens with one attached hydrogen (secondary N) is 1. The molecule has 0 aromatic heterocycles. The average molecular weight is 498 g/mol. The van der Waals surface area contributed by atoms with E-state index in [1.807, 2.05) is 60.7 Å². The third-order valence-electron chi connectivity index (χ3n) is 4.59. The molecule has 0 aliphatic heterocycles. The number of ether oxygens (including phenoxy) is 3. The van der Waals surface area contributed by atoms with Gasteiger partial charge in [0.15, 0.2) is 0 Å². The highest BCUT2D eigenvalue weighted by atomic mass is 79.9. The molecule has 0 heterocycles. The highest BCUT2D eigenvalue weighted by Crippen LogP contribution is 2.26. The fourth-order valence-electron chi connectivity index (χ4n) is 2.91. The van der Waals surface area contributed by atoms with Crippen LogP contribution in [0.3, 0.4) is 0 Å². The Balaban J connectivity index is 1.57. The molecule has 3 aromatic carbocycles. The van der Waals surface area contributed by atoms with Crippen LogP contribution in [0.2, 0.25) is 0 Å². The molecule has 0 unspecified atom stereocenters. The monoisotopic (exact) mass is 497 g/mol. The van der Waals surface area contributed by atoms with Crippen molar-refractivity contribution in [2.75, 3.05) is 25.1 Å². The lowest BCUT2D eigenvalue weighted by atomic mass is 10.1. The largest absolute Gasteiger partial charge is 0.493 e. The maximum Gasteiger partial charge on any atom is 0.259 e. The van der Waals surface area contributed by atoms with Gasteiger partial charge in [0.25, 0.3) is 5.91 Å². The van der Waals surface area contributed by atoms with Crippen molar-refractivity contribution in [3.8, 4) is 17.2 Å². The van der Waals surface area contributed by atoms with Gasteiger partial charge in [-0.3, -0.25) is 4.79 Å². The number of anilines is 1. The molecule has 0 saturated carbocycles. The van der Waals surface area contributed by atoms with E-state index < -0.39 is 0 Å². The van der Waals surface area contributed by atoms with Crippen molar-refractivity contribution in [1.29, 1.82) is 0 Å². The fourth-order valence-corrected chi connectivity index (χ4v) is 3.27. The third kappa shape index (κ3) is 7.61. The van der Waals surface area contributed by atoms with Crippen LogP contribution in [0.5, 0.6) is 17.2 Å². The molecule has 3 rings (SSSR count). The second-order valence-electron chi connectivity index (χ2n) is 7.66. The highest BCUT2D eigenvalue weighted by Gasteiger charge is 2.14.